The molecule has 0 atom stereocenters. The number of thiocarbonyl (C=S) groups is 1. The molecule has 2 aromatic rings. The third-order valence-corrected chi connectivity index (χ3v) is 4.16. The van der Waals surface area contributed by atoms with Crippen molar-refractivity contribution >= 4 is 23.1 Å². The van der Waals surface area contributed by atoms with Crippen molar-refractivity contribution in [2.24, 2.45) is 0 Å². The molecule has 26 heavy (non-hydrogen) atoms. The molecule has 7 heteroatoms. The van der Waals surface area contributed by atoms with Crippen LogP contribution >= 0.6 is 12.2 Å². The summed E-state index contributed by atoms with van der Waals surface area (Å²) in [6.07, 6.45) is -3.78. The van der Waals surface area contributed by atoms with E-state index in [-0.39, 0.29) is 17.5 Å². The maximum Gasteiger partial charge on any atom is 0.419 e. The molecule has 0 bridgehead atoms. The molecule has 0 aliphatic heterocycles. The summed E-state index contributed by atoms with van der Waals surface area (Å²) in [5, 5.41) is 3.10. The average molecular weight is 383 g/mol. The zero-order valence-corrected chi connectivity index (χ0v) is 15.6. The molecule has 0 aliphatic carbocycles. The topological polar surface area (TPSA) is 30.5 Å². The monoisotopic (exact) mass is 383 g/mol. The van der Waals surface area contributed by atoms with Gasteiger partial charge in [-0.25, -0.2) is 0 Å². The summed E-state index contributed by atoms with van der Waals surface area (Å²) in [5.74, 6) is -0.200. The molecule has 2 rings (SSSR count). The number of ether oxygens (including phenoxy) is 2. The quantitative estimate of drug-likeness (QED) is 0.691. The van der Waals surface area contributed by atoms with E-state index in [9.17, 15) is 13.2 Å². The lowest BCUT2D eigenvalue weighted by atomic mass is 10.0. The standard InChI is InChI=1S/C19H20F3NO2S/c1-4-13-6-5-7-16(23-18(26)24-3)14(13)11-25-17-9-8-12(2)10-15(17)19(20,21)22/h5-10H,4,11H2,1-3H3,(H,23,26). The van der Waals surface area contributed by atoms with E-state index in [0.717, 1.165) is 17.2 Å². The number of alkyl halides is 3. The van der Waals surface area contributed by atoms with Crippen LogP contribution in [-0.2, 0) is 23.9 Å². The van der Waals surface area contributed by atoms with Gasteiger partial charge < -0.3 is 14.8 Å². The van der Waals surface area contributed by atoms with Crippen LogP contribution < -0.4 is 10.1 Å². The van der Waals surface area contributed by atoms with E-state index in [2.05, 4.69) is 5.32 Å². The fourth-order valence-electron chi connectivity index (χ4n) is 2.56. The van der Waals surface area contributed by atoms with E-state index >= 15 is 0 Å². The predicted octanol–water partition coefficient (Wildman–Crippen LogP) is 5.50. The number of rotatable bonds is 5. The van der Waals surface area contributed by atoms with Gasteiger partial charge in [-0.3, -0.25) is 0 Å². The van der Waals surface area contributed by atoms with Gasteiger partial charge in [-0.05, 0) is 49.3 Å². The van der Waals surface area contributed by atoms with E-state index < -0.39 is 11.7 Å². The SMILES string of the molecule is CCc1cccc(NC(=S)OC)c1COc1ccc(C)cc1C(F)(F)F. The van der Waals surface area contributed by atoms with E-state index in [0.29, 0.717) is 17.7 Å². The number of hydrogen-bond acceptors (Lipinski definition) is 3. The fourth-order valence-corrected chi connectivity index (χ4v) is 2.67. The molecule has 0 saturated heterocycles. The van der Waals surface area contributed by atoms with Crippen molar-refractivity contribution in [1.82, 2.24) is 0 Å². The predicted molar refractivity (Wildman–Crippen MR) is 99.6 cm³/mol. The summed E-state index contributed by atoms with van der Waals surface area (Å²) in [6, 6.07) is 9.55. The second kappa shape index (κ2) is 8.40. The van der Waals surface area contributed by atoms with Crippen molar-refractivity contribution in [2.45, 2.75) is 33.1 Å². The maximum atomic E-state index is 13.3. The zero-order valence-electron chi connectivity index (χ0n) is 14.7. The number of anilines is 1. The summed E-state index contributed by atoms with van der Waals surface area (Å²) in [7, 11) is 1.44. The van der Waals surface area contributed by atoms with Crippen molar-refractivity contribution < 1.29 is 22.6 Å². The largest absolute Gasteiger partial charge is 0.488 e. The minimum atomic E-state index is -4.48. The van der Waals surface area contributed by atoms with Gasteiger partial charge in [0.25, 0.3) is 5.17 Å². The lowest BCUT2D eigenvalue weighted by Crippen LogP contribution is -2.15. The Morgan fingerprint density at radius 2 is 1.92 bits per heavy atom. The van der Waals surface area contributed by atoms with Crippen LogP contribution in [0.5, 0.6) is 5.75 Å². The lowest BCUT2D eigenvalue weighted by Gasteiger charge is -2.18. The van der Waals surface area contributed by atoms with Gasteiger partial charge in [0, 0.05) is 11.3 Å². The molecule has 3 nitrogen and oxygen atoms in total. The second-order valence-electron chi connectivity index (χ2n) is 5.70. The Morgan fingerprint density at radius 3 is 2.54 bits per heavy atom. The van der Waals surface area contributed by atoms with E-state index in [1.165, 1.54) is 13.2 Å². The summed E-state index contributed by atoms with van der Waals surface area (Å²) >= 11 is 5.02. The molecule has 2 aromatic carbocycles. The Balaban J connectivity index is 2.34. The molecule has 0 radical (unpaired) electrons. The molecule has 0 aliphatic rings. The minimum Gasteiger partial charge on any atom is -0.488 e. The summed E-state index contributed by atoms with van der Waals surface area (Å²) in [5.41, 5.74) is 2.08. The van der Waals surface area contributed by atoms with Crippen molar-refractivity contribution in [3.63, 3.8) is 0 Å². The molecule has 0 amide bonds. The van der Waals surface area contributed by atoms with Gasteiger partial charge in [-0.15, -0.1) is 0 Å². The van der Waals surface area contributed by atoms with Gasteiger partial charge in [-0.2, -0.15) is 13.2 Å². The summed E-state index contributed by atoms with van der Waals surface area (Å²) in [6.45, 7) is 3.55. The third kappa shape index (κ3) is 4.88. The van der Waals surface area contributed by atoms with Crippen LogP contribution in [0, 0.1) is 6.92 Å². The molecule has 0 unspecified atom stereocenters. The highest BCUT2D eigenvalue weighted by atomic mass is 32.1. The highest BCUT2D eigenvalue weighted by Crippen LogP contribution is 2.37. The van der Waals surface area contributed by atoms with E-state index in [1.54, 1.807) is 19.1 Å². The first-order chi connectivity index (χ1) is 12.3. The second-order valence-corrected chi connectivity index (χ2v) is 6.07. The highest BCUT2D eigenvalue weighted by molar-refractivity contribution is 7.80. The van der Waals surface area contributed by atoms with Gasteiger partial charge in [-0.1, -0.05) is 30.7 Å². The number of methoxy groups -OCH3 is 1. The molecule has 140 valence electrons. The molecular weight excluding hydrogens is 363 g/mol. The molecular formula is C19H20F3NO2S. The molecule has 0 saturated carbocycles. The first-order valence-corrected chi connectivity index (χ1v) is 8.43. The van der Waals surface area contributed by atoms with Crippen LogP contribution in [0.3, 0.4) is 0 Å². The highest BCUT2D eigenvalue weighted by Gasteiger charge is 2.34. The number of nitrogens with one attached hydrogen (secondary N) is 1. The summed E-state index contributed by atoms with van der Waals surface area (Å²) in [4.78, 5) is 0. The van der Waals surface area contributed by atoms with Crippen molar-refractivity contribution in [2.75, 3.05) is 12.4 Å². The summed E-state index contributed by atoms with van der Waals surface area (Å²) < 4.78 is 50.3. The molecule has 0 aromatic heterocycles. The Morgan fingerprint density at radius 1 is 1.19 bits per heavy atom. The van der Waals surface area contributed by atoms with Crippen LogP contribution in [0.1, 0.15) is 29.2 Å². The smallest absolute Gasteiger partial charge is 0.419 e. The number of hydrogen-bond donors (Lipinski definition) is 1. The van der Waals surface area contributed by atoms with Crippen molar-refractivity contribution in [1.29, 1.82) is 0 Å². The third-order valence-electron chi connectivity index (χ3n) is 3.89. The van der Waals surface area contributed by atoms with Gasteiger partial charge in [0.2, 0.25) is 0 Å². The Labute approximate surface area is 156 Å². The first kappa shape index (κ1) is 20.0. The van der Waals surface area contributed by atoms with Crippen LogP contribution in [0.25, 0.3) is 0 Å². The molecule has 0 spiro atoms. The number of halogens is 3. The van der Waals surface area contributed by atoms with Crippen LogP contribution in [0.15, 0.2) is 36.4 Å². The minimum absolute atomic E-state index is 0.0230. The van der Waals surface area contributed by atoms with Gasteiger partial charge >= 0.3 is 6.18 Å². The first-order valence-electron chi connectivity index (χ1n) is 8.02. The Kier molecular flexibility index (Phi) is 6.47. The van der Waals surface area contributed by atoms with Crippen LogP contribution in [-0.4, -0.2) is 12.3 Å². The lowest BCUT2D eigenvalue weighted by molar-refractivity contribution is -0.139. The average Bonchev–Trinajstić information content (AvgIpc) is 2.60. The van der Waals surface area contributed by atoms with Crippen molar-refractivity contribution in [3.05, 3.63) is 58.7 Å². The van der Waals surface area contributed by atoms with Crippen LogP contribution in [0.4, 0.5) is 18.9 Å². The van der Waals surface area contributed by atoms with Gasteiger partial charge in [0.1, 0.15) is 12.4 Å². The van der Waals surface area contributed by atoms with Gasteiger partial charge in [0.05, 0.1) is 12.7 Å². The van der Waals surface area contributed by atoms with Crippen molar-refractivity contribution in [3.8, 4) is 5.75 Å². The molecule has 0 heterocycles. The maximum absolute atomic E-state index is 13.3. The number of aryl methyl sites for hydroxylation is 2. The number of benzene rings is 2. The van der Waals surface area contributed by atoms with Gasteiger partial charge in [0.15, 0.2) is 0 Å². The Hall–Kier alpha value is -2.28. The van der Waals surface area contributed by atoms with E-state index in [1.807, 2.05) is 19.1 Å². The Bertz CT molecular complexity index is 791. The molecule has 0 fully saturated rings. The van der Waals surface area contributed by atoms with E-state index in [4.69, 9.17) is 21.7 Å². The van der Waals surface area contributed by atoms with Crippen LogP contribution in [0.2, 0.25) is 0 Å². The fraction of sp³-hybridized carbons (Fsp3) is 0.316. The molecule has 1 N–H and O–H groups in total. The zero-order chi connectivity index (χ0) is 19.3. The normalized spacial score (nSPS) is 11.2.